The molecule has 420 valence electrons. The minimum atomic E-state index is -1.09. The van der Waals surface area contributed by atoms with E-state index in [-0.39, 0.29) is 76.3 Å². The molecule has 0 radical (unpaired) electrons. The highest BCUT2D eigenvalue weighted by atomic mass is 16.3. The maximum Gasteiger partial charge on any atom is 0.316 e. The third kappa shape index (κ3) is 15.1. The highest BCUT2D eigenvalue weighted by molar-refractivity contribution is 6.38. The molecule has 7 rings (SSSR count). The lowest BCUT2D eigenvalue weighted by atomic mass is 9.96. The number of rotatable bonds is 9. The molecule has 0 aromatic rings. The summed E-state index contributed by atoms with van der Waals surface area (Å²) < 4.78 is 0. The third-order valence-corrected chi connectivity index (χ3v) is 17.4. The number of nitrogens with two attached hydrogens (primary N) is 3. The standard InChI is InChI=1S/C31H49N5O6.C22H36N4O4.CH2O2/c1-17(2)23(25(37)18-14-15-18)35-30(42)34-21-13-11-9-7-5-6-8-10-12-20(26(38)27(32)39)33-28(40)24-22-19(31(22,3)4)16-36(24)29(21)41;1-22(2)13-12-26-17(16(13)22)20(29)25-15(18(27)19(24)28)11-9-7-5-3-4-6-8-10-14(23)21(26)30;2-1-3/h17-24H,5-16H2,1-4H3,(H2,32,39)(H,33,40)(H2,34,35,42);13-17H,3-12,23H2,1-2H3,(H2,24,28)(H,25,29);1H,(H,2,3)/t19-,20-,21-,22-,23-,24-;13-,14-,15-,16-,17-;/m00./s1. The van der Waals surface area contributed by atoms with E-state index in [1.807, 2.05) is 13.8 Å². The number of hydrogen-bond donors (Lipinski definition) is 8. The zero-order valence-corrected chi connectivity index (χ0v) is 45.2. The number of amides is 8. The predicted octanol–water partition coefficient (Wildman–Crippen LogP) is 2.77. The summed E-state index contributed by atoms with van der Waals surface area (Å²) in [5.41, 5.74) is 16.5. The van der Waals surface area contributed by atoms with Crippen molar-refractivity contribution in [2.75, 3.05) is 13.1 Å². The first-order valence-electron chi connectivity index (χ1n) is 27.7. The van der Waals surface area contributed by atoms with E-state index in [1.165, 1.54) is 0 Å². The smallest absolute Gasteiger partial charge is 0.316 e. The molecule has 4 heterocycles. The van der Waals surface area contributed by atoms with Crippen LogP contribution in [0.1, 0.15) is 170 Å². The number of nitrogens with one attached hydrogen (secondary N) is 4. The summed E-state index contributed by atoms with van der Waals surface area (Å²) in [6.45, 7) is 12.7. The van der Waals surface area contributed by atoms with Gasteiger partial charge in [-0.25, -0.2) is 4.79 Å². The summed E-state index contributed by atoms with van der Waals surface area (Å²) in [4.78, 5) is 140. The van der Waals surface area contributed by atoms with E-state index in [2.05, 4.69) is 49.0 Å². The number of fused-ring (bicyclic) bond motifs is 6. The molecule has 0 bridgehead atoms. The van der Waals surface area contributed by atoms with Gasteiger partial charge < -0.3 is 53.4 Å². The Bertz CT molecular complexity index is 2130. The fourth-order valence-electron chi connectivity index (χ4n) is 12.5. The summed E-state index contributed by atoms with van der Waals surface area (Å²) >= 11 is 0. The van der Waals surface area contributed by atoms with Crippen molar-refractivity contribution in [3.63, 3.8) is 0 Å². The van der Waals surface area contributed by atoms with Crippen molar-refractivity contribution < 1.29 is 57.8 Å². The monoisotopic (exact) mass is 1050 g/mol. The molecule has 75 heavy (non-hydrogen) atoms. The zero-order chi connectivity index (χ0) is 55.5. The highest BCUT2D eigenvalue weighted by Crippen LogP contribution is 2.66. The minimum absolute atomic E-state index is 0.00816. The number of carbonyl (C=O) groups is 11. The van der Waals surface area contributed by atoms with Gasteiger partial charge in [0.15, 0.2) is 5.78 Å². The second-order valence-corrected chi connectivity index (χ2v) is 23.7. The SMILES string of the molecule is CC(C)[C@H](NC(=O)N[C@H]1CCCCCCCCC[C@@H](C(=O)C(N)=O)NC(=O)[C@@H]2[C@@H]3[C@H](CN2C1=O)C3(C)C)C(=O)C1CC1.CC1(C)[C@@H]2[C@H]3C(=O)N[C@H](C(=O)C(N)=O)CCCCCCCCC[C@H](N)C(=O)N3C[C@@H]21.O=CO. The average Bonchev–Trinajstić information content (AvgIpc) is 4.26. The van der Waals surface area contributed by atoms with Crippen molar-refractivity contribution in [2.24, 2.45) is 63.5 Å². The largest absolute Gasteiger partial charge is 0.483 e. The summed E-state index contributed by atoms with van der Waals surface area (Å²) in [6.07, 6.45) is 16.3. The normalized spacial score (nSPS) is 31.5. The molecule has 3 saturated carbocycles. The van der Waals surface area contributed by atoms with Crippen LogP contribution in [0.15, 0.2) is 0 Å². The Labute approximate surface area is 441 Å². The van der Waals surface area contributed by atoms with E-state index >= 15 is 0 Å². The number of carbonyl (C=O) groups excluding carboxylic acids is 10. The Morgan fingerprint density at radius 3 is 1.37 bits per heavy atom. The van der Waals surface area contributed by atoms with Gasteiger partial charge in [0, 0.05) is 19.0 Å². The Morgan fingerprint density at radius 1 is 0.613 bits per heavy atom. The molecule has 21 heteroatoms. The number of ketones is 3. The lowest BCUT2D eigenvalue weighted by molar-refractivity contribution is -0.143. The van der Waals surface area contributed by atoms with Gasteiger partial charge in [0.1, 0.15) is 18.1 Å². The lowest BCUT2D eigenvalue weighted by Gasteiger charge is -2.34. The Balaban J connectivity index is 0.000000277. The first-order chi connectivity index (χ1) is 35.4. The van der Waals surface area contributed by atoms with Gasteiger partial charge in [-0.15, -0.1) is 0 Å². The van der Waals surface area contributed by atoms with Crippen molar-refractivity contribution in [2.45, 2.75) is 212 Å². The van der Waals surface area contributed by atoms with Crippen LogP contribution >= 0.6 is 0 Å². The number of primary amides is 2. The van der Waals surface area contributed by atoms with Gasteiger partial charge in [-0.05, 0) is 78.9 Å². The average molecular weight is 1050 g/mol. The molecule has 0 spiro atoms. The van der Waals surface area contributed by atoms with Crippen molar-refractivity contribution in [3.8, 4) is 0 Å². The van der Waals surface area contributed by atoms with E-state index in [9.17, 15) is 47.9 Å². The second kappa shape index (κ2) is 26.5. The molecule has 11 N–H and O–H groups in total. The van der Waals surface area contributed by atoms with Crippen LogP contribution in [0.25, 0.3) is 0 Å². The molecule has 7 fully saturated rings. The Hall–Kier alpha value is -5.47. The molecule has 3 aliphatic carbocycles. The molecular weight excluding hydrogens is 967 g/mol. The first kappa shape index (κ1) is 60.4. The van der Waals surface area contributed by atoms with Crippen molar-refractivity contribution >= 4 is 65.3 Å². The van der Waals surface area contributed by atoms with E-state index in [1.54, 1.807) is 9.80 Å². The van der Waals surface area contributed by atoms with Crippen molar-refractivity contribution in [3.05, 3.63) is 0 Å². The van der Waals surface area contributed by atoms with Crippen LogP contribution in [0.5, 0.6) is 0 Å². The maximum atomic E-state index is 14.1. The van der Waals surface area contributed by atoms with Gasteiger partial charge >= 0.3 is 6.03 Å². The molecular formula is C54H87N9O12. The Morgan fingerprint density at radius 2 is 0.987 bits per heavy atom. The van der Waals surface area contributed by atoms with Crippen LogP contribution < -0.4 is 38.5 Å². The molecule has 4 saturated heterocycles. The van der Waals surface area contributed by atoms with Crippen LogP contribution in [0.4, 0.5) is 4.79 Å². The molecule has 8 amide bonds. The van der Waals surface area contributed by atoms with E-state index in [0.717, 1.165) is 96.3 Å². The number of urea groups is 1. The van der Waals surface area contributed by atoms with E-state index in [4.69, 9.17) is 27.1 Å². The lowest BCUT2D eigenvalue weighted by Crippen LogP contribution is -2.59. The number of carboxylic acid groups (broad SMARTS) is 1. The highest BCUT2D eigenvalue weighted by Gasteiger charge is 2.71. The van der Waals surface area contributed by atoms with Gasteiger partial charge in [0.2, 0.25) is 35.2 Å². The topological polar surface area (TPSA) is 341 Å². The molecule has 4 aliphatic heterocycles. The molecule has 0 aromatic carbocycles. The van der Waals surface area contributed by atoms with Crippen molar-refractivity contribution in [1.29, 1.82) is 0 Å². The molecule has 11 atom stereocenters. The summed E-state index contributed by atoms with van der Waals surface area (Å²) in [5, 5.41) is 18.1. The fourth-order valence-corrected chi connectivity index (χ4v) is 12.5. The molecule has 21 nitrogen and oxygen atoms in total. The van der Waals surface area contributed by atoms with Crippen LogP contribution in [-0.2, 0) is 47.9 Å². The van der Waals surface area contributed by atoms with Crippen LogP contribution in [0.3, 0.4) is 0 Å². The predicted molar refractivity (Wildman–Crippen MR) is 276 cm³/mol. The molecule has 0 unspecified atom stereocenters. The van der Waals surface area contributed by atoms with Crippen LogP contribution in [0.2, 0.25) is 0 Å². The zero-order valence-electron chi connectivity index (χ0n) is 45.2. The maximum absolute atomic E-state index is 14.1. The van der Waals surface area contributed by atoms with Crippen molar-refractivity contribution in [1.82, 2.24) is 31.1 Å². The van der Waals surface area contributed by atoms with Crippen LogP contribution in [-0.4, -0.2) is 136 Å². The Kier molecular flexibility index (Phi) is 21.4. The van der Waals surface area contributed by atoms with Gasteiger partial charge in [-0.1, -0.05) is 131 Å². The first-order valence-corrected chi connectivity index (χ1v) is 27.7. The van der Waals surface area contributed by atoms with Crippen LogP contribution in [0, 0.1) is 46.3 Å². The van der Waals surface area contributed by atoms with Gasteiger partial charge in [0.05, 0.1) is 24.2 Å². The number of nitrogens with zero attached hydrogens (tertiary/aromatic N) is 2. The quantitative estimate of drug-likeness (QED) is 0.122. The number of hydrogen-bond acceptors (Lipinski definition) is 12. The summed E-state index contributed by atoms with van der Waals surface area (Å²) in [7, 11) is 0. The third-order valence-electron chi connectivity index (χ3n) is 17.4. The van der Waals surface area contributed by atoms with Gasteiger partial charge in [-0.3, -0.25) is 47.9 Å². The minimum Gasteiger partial charge on any atom is -0.483 e. The number of Topliss-reactive ketones (excluding diaryl/α,β-unsaturated/α-hetero) is 3. The summed E-state index contributed by atoms with van der Waals surface area (Å²) in [6, 6.07) is -6.10. The number of piperidine rings is 2. The molecule has 0 aromatic heterocycles. The summed E-state index contributed by atoms with van der Waals surface area (Å²) in [5.74, 6) is -4.87. The van der Waals surface area contributed by atoms with Gasteiger partial charge in [0.25, 0.3) is 18.3 Å². The van der Waals surface area contributed by atoms with E-state index < -0.39 is 77.6 Å². The molecule has 7 aliphatic rings. The second-order valence-electron chi connectivity index (χ2n) is 23.7. The fraction of sp³-hybridized carbons (Fsp3) is 0.796. The van der Waals surface area contributed by atoms with Gasteiger partial charge in [-0.2, -0.15) is 0 Å². The van der Waals surface area contributed by atoms with E-state index in [0.29, 0.717) is 45.2 Å².